The van der Waals surface area contributed by atoms with Crippen LogP contribution in [0.5, 0.6) is 0 Å². The number of hydrogen-bond acceptors (Lipinski definition) is 1. The van der Waals surface area contributed by atoms with Crippen molar-refractivity contribution in [1.29, 1.82) is 0 Å². The van der Waals surface area contributed by atoms with Crippen molar-refractivity contribution in [2.75, 3.05) is 12.3 Å². The van der Waals surface area contributed by atoms with Gasteiger partial charge in [-0.2, -0.15) is 0 Å². The van der Waals surface area contributed by atoms with Crippen LogP contribution in [0.3, 0.4) is 0 Å². The molecular weight excluding hydrogens is 275 g/mol. The molecule has 0 aliphatic rings. The normalized spacial score (nSPS) is 14.9. The molecular formula is C11H16BrO2P. The van der Waals surface area contributed by atoms with E-state index in [1.54, 1.807) is 6.92 Å². The Bertz CT molecular complexity index is 348. The van der Waals surface area contributed by atoms with E-state index in [1.165, 1.54) is 5.56 Å². The van der Waals surface area contributed by atoms with Crippen molar-refractivity contribution in [2.24, 2.45) is 0 Å². The van der Waals surface area contributed by atoms with E-state index in [4.69, 9.17) is 0 Å². The lowest BCUT2D eigenvalue weighted by molar-refractivity contribution is 0.477. The van der Waals surface area contributed by atoms with Crippen LogP contribution in [0, 0.1) is 0 Å². The number of halogens is 1. The molecule has 1 rings (SSSR count). The van der Waals surface area contributed by atoms with Crippen LogP contribution in [0.4, 0.5) is 0 Å². The summed E-state index contributed by atoms with van der Waals surface area (Å²) in [5, 5.41) is 0. The van der Waals surface area contributed by atoms with E-state index < -0.39 is 7.37 Å². The van der Waals surface area contributed by atoms with Crippen LogP contribution in [-0.4, -0.2) is 17.2 Å². The lowest BCUT2D eigenvalue weighted by Crippen LogP contribution is -1.94. The molecule has 0 amide bonds. The van der Waals surface area contributed by atoms with E-state index >= 15 is 0 Å². The molecule has 1 unspecified atom stereocenters. The Morgan fingerprint density at radius 2 is 1.93 bits per heavy atom. The Hall–Kier alpha value is -0.110. The molecule has 0 spiro atoms. The fourth-order valence-corrected chi connectivity index (χ4v) is 2.57. The molecule has 0 aromatic heterocycles. The predicted octanol–water partition coefficient (Wildman–Crippen LogP) is 3.67. The van der Waals surface area contributed by atoms with E-state index in [9.17, 15) is 9.46 Å². The van der Waals surface area contributed by atoms with Crippen molar-refractivity contribution < 1.29 is 9.46 Å². The minimum absolute atomic E-state index is 0.382. The second-order valence-electron chi connectivity index (χ2n) is 3.62. The number of rotatable bonds is 5. The molecule has 0 radical (unpaired) electrons. The Morgan fingerprint density at radius 1 is 1.33 bits per heavy atom. The second-order valence-corrected chi connectivity index (χ2v) is 7.30. The number of hydrogen-bond donors (Lipinski definition) is 1. The summed E-state index contributed by atoms with van der Waals surface area (Å²) in [4.78, 5) is 9.39. The minimum atomic E-state index is -2.83. The van der Waals surface area contributed by atoms with Crippen LogP contribution >= 0.6 is 23.3 Å². The van der Waals surface area contributed by atoms with Crippen LogP contribution in [0.25, 0.3) is 0 Å². The highest BCUT2D eigenvalue weighted by molar-refractivity contribution is 9.10. The molecule has 0 bridgehead atoms. The summed E-state index contributed by atoms with van der Waals surface area (Å²) >= 11 is 3.37. The van der Waals surface area contributed by atoms with Gasteiger partial charge in [0.15, 0.2) is 7.37 Å². The summed E-state index contributed by atoms with van der Waals surface area (Å²) in [7, 11) is -2.83. The molecule has 15 heavy (non-hydrogen) atoms. The molecule has 0 fully saturated rings. The average Bonchev–Trinajstić information content (AvgIpc) is 2.21. The van der Waals surface area contributed by atoms with Gasteiger partial charge in [-0.25, -0.2) is 0 Å². The number of aryl methyl sites for hydroxylation is 1. The first kappa shape index (κ1) is 13.0. The van der Waals surface area contributed by atoms with Crippen molar-refractivity contribution in [3.05, 3.63) is 34.3 Å². The maximum Gasteiger partial charge on any atom is 0.200 e. The van der Waals surface area contributed by atoms with Crippen molar-refractivity contribution in [3.63, 3.8) is 0 Å². The summed E-state index contributed by atoms with van der Waals surface area (Å²) in [6.45, 7) is 1.76. The first-order valence-electron chi connectivity index (χ1n) is 5.09. The molecule has 0 aliphatic heterocycles. The lowest BCUT2D eigenvalue weighted by Gasteiger charge is -2.08. The van der Waals surface area contributed by atoms with E-state index in [0.29, 0.717) is 12.3 Å². The van der Waals surface area contributed by atoms with Gasteiger partial charge in [-0.3, -0.25) is 4.57 Å². The van der Waals surface area contributed by atoms with Crippen molar-refractivity contribution >= 4 is 23.3 Å². The Kier molecular flexibility index (Phi) is 5.04. The molecule has 0 saturated heterocycles. The number of benzene rings is 1. The van der Waals surface area contributed by atoms with Crippen LogP contribution in [-0.2, 0) is 11.0 Å². The van der Waals surface area contributed by atoms with E-state index in [1.807, 2.05) is 24.3 Å². The zero-order chi connectivity index (χ0) is 11.3. The summed E-state index contributed by atoms with van der Waals surface area (Å²) < 4.78 is 12.4. The summed E-state index contributed by atoms with van der Waals surface area (Å²) in [6, 6.07) is 8.07. The quantitative estimate of drug-likeness (QED) is 0.840. The Morgan fingerprint density at radius 3 is 2.47 bits per heavy atom. The molecule has 0 aliphatic carbocycles. The van der Waals surface area contributed by atoms with Crippen LogP contribution in [0.1, 0.15) is 18.9 Å². The van der Waals surface area contributed by atoms with Gasteiger partial charge in [-0.05, 0) is 30.5 Å². The van der Waals surface area contributed by atoms with Gasteiger partial charge in [-0.1, -0.05) is 35.0 Å². The average molecular weight is 291 g/mol. The van der Waals surface area contributed by atoms with Gasteiger partial charge >= 0.3 is 0 Å². The molecule has 2 nitrogen and oxygen atoms in total. The van der Waals surface area contributed by atoms with Gasteiger partial charge in [0.05, 0.1) is 0 Å². The zero-order valence-electron chi connectivity index (χ0n) is 8.82. The summed E-state index contributed by atoms with van der Waals surface area (Å²) in [6.07, 6.45) is 2.47. The fourth-order valence-electron chi connectivity index (χ4n) is 1.34. The lowest BCUT2D eigenvalue weighted by atomic mass is 10.1. The molecule has 1 aromatic rings. The predicted molar refractivity (Wildman–Crippen MR) is 67.7 cm³/mol. The second kappa shape index (κ2) is 5.83. The summed E-state index contributed by atoms with van der Waals surface area (Å²) in [5.41, 5.74) is 1.22. The first-order valence-corrected chi connectivity index (χ1v) is 7.91. The van der Waals surface area contributed by atoms with Gasteiger partial charge in [0, 0.05) is 16.8 Å². The van der Waals surface area contributed by atoms with Gasteiger partial charge in [0.2, 0.25) is 0 Å². The van der Waals surface area contributed by atoms with E-state index in [2.05, 4.69) is 15.9 Å². The molecule has 0 saturated carbocycles. The highest BCUT2D eigenvalue weighted by Crippen LogP contribution is 2.40. The highest BCUT2D eigenvalue weighted by atomic mass is 79.9. The van der Waals surface area contributed by atoms with Crippen LogP contribution < -0.4 is 0 Å². The van der Waals surface area contributed by atoms with E-state index in [0.717, 1.165) is 17.3 Å². The molecule has 0 heterocycles. The topological polar surface area (TPSA) is 37.3 Å². The third-order valence-electron chi connectivity index (χ3n) is 2.38. The van der Waals surface area contributed by atoms with Crippen molar-refractivity contribution in [2.45, 2.75) is 19.8 Å². The zero-order valence-corrected chi connectivity index (χ0v) is 11.3. The third kappa shape index (κ3) is 4.96. The maximum absolute atomic E-state index is 11.4. The van der Waals surface area contributed by atoms with Crippen LogP contribution in [0.2, 0.25) is 0 Å². The minimum Gasteiger partial charge on any atom is -0.344 e. The molecule has 1 aromatic carbocycles. The maximum atomic E-state index is 11.4. The highest BCUT2D eigenvalue weighted by Gasteiger charge is 2.13. The summed E-state index contributed by atoms with van der Waals surface area (Å²) in [5.74, 6) is 0. The van der Waals surface area contributed by atoms with Gasteiger partial charge < -0.3 is 4.89 Å². The Balaban J connectivity index is 2.38. The van der Waals surface area contributed by atoms with Crippen molar-refractivity contribution in [3.8, 4) is 0 Å². The largest absolute Gasteiger partial charge is 0.344 e. The first-order chi connectivity index (χ1) is 7.03. The monoisotopic (exact) mass is 290 g/mol. The van der Waals surface area contributed by atoms with E-state index in [-0.39, 0.29) is 0 Å². The van der Waals surface area contributed by atoms with Crippen molar-refractivity contribution in [1.82, 2.24) is 0 Å². The third-order valence-corrected chi connectivity index (χ3v) is 4.91. The van der Waals surface area contributed by atoms with Gasteiger partial charge in [0.25, 0.3) is 0 Å². The Labute approximate surface area is 99.3 Å². The smallest absolute Gasteiger partial charge is 0.200 e. The molecule has 4 heteroatoms. The SMILES string of the molecule is CCP(=O)(O)CCCc1ccc(Br)cc1. The fraction of sp³-hybridized carbons (Fsp3) is 0.455. The van der Waals surface area contributed by atoms with Gasteiger partial charge in [0.1, 0.15) is 0 Å². The van der Waals surface area contributed by atoms with Crippen LogP contribution in [0.15, 0.2) is 28.7 Å². The molecule has 1 N–H and O–H groups in total. The van der Waals surface area contributed by atoms with Gasteiger partial charge in [-0.15, -0.1) is 0 Å². The molecule has 1 atom stereocenters. The molecule has 84 valence electrons. The standard InChI is InChI=1S/C11H16BrO2P/c1-2-15(13,14)9-3-4-10-5-7-11(12)8-6-10/h5-8H,2-4,9H2,1H3,(H,13,14).